The summed E-state index contributed by atoms with van der Waals surface area (Å²) in [4.78, 5) is 5.11. The number of aliphatic hydroxyl groups excluding tert-OH is 1. The zero-order valence-corrected chi connectivity index (χ0v) is 17.8. The van der Waals surface area contributed by atoms with Crippen molar-refractivity contribution in [3.8, 4) is 0 Å². The van der Waals surface area contributed by atoms with Gasteiger partial charge < -0.3 is 5.11 Å². The Bertz CT molecular complexity index is 734. The molecule has 0 heterocycles. The summed E-state index contributed by atoms with van der Waals surface area (Å²) in [5, 5.41) is 9.88. The van der Waals surface area contributed by atoms with Crippen LogP contribution in [-0.2, 0) is 0 Å². The van der Waals surface area contributed by atoms with Crippen molar-refractivity contribution < 1.29 is 5.11 Å². The van der Waals surface area contributed by atoms with Crippen LogP contribution in [0.3, 0.4) is 0 Å². The highest BCUT2D eigenvalue weighted by Crippen LogP contribution is 2.35. The van der Waals surface area contributed by atoms with Crippen molar-refractivity contribution in [3.63, 3.8) is 0 Å². The predicted molar refractivity (Wildman–Crippen MR) is 118 cm³/mol. The molecule has 1 aliphatic rings. The molecule has 1 aliphatic carbocycles. The third-order valence-corrected chi connectivity index (χ3v) is 5.20. The fourth-order valence-electron chi connectivity index (χ4n) is 3.48. The number of benzene rings is 1. The average Bonchev–Trinajstić information content (AvgIpc) is 2.73. The van der Waals surface area contributed by atoms with E-state index in [-0.39, 0.29) is 6.10 Å². The van der Waals surface area contributed by atoms with Crippen LogP contribution in [0.1, 0.15) is 83.8 Å². The van der Waals surface area contributed by atoms with Crippen molar-refractivity contribution in [2.24, 2.45) is 4.99 Å². The van der Waals surface area contributed by atoms with Gasteiger partial charge in [0.2, 0.25) is 0 Å². The molecule has 0 bridgehead atoms. The zero-order chi connectivity index (χ0) is 20.0. The van der Waals surface area contributed by atoms with Crippen LogP contribution in [0.15, 0.2) is 58.6 Å². The molecule has 2 rings (SSSR count). The number of nitrogens with zero attached hydrogens (tertiary/aromatic N) is 1. The molecule has 1 N–H and O–H groups in total. The van der Waals surface area contributed by atoms with E-state index in [4.69, 9.17) is 4.99 Å². The molecule has 0 saturated heterocycles. The van der Waals surface area contributed by atoms with Crippen LogP contribution >= 0.6 is 0 Å². The molecule has 0 aliphatic heterocycles. The summed E-state index contributed by atoms with van der Waals surface area (Å²) in [6.07, 6.45) is 11.1. The SMILES string of the molecule is CC(=Nc1c(C(C)C)cccc1C(C)C)C1=CCCCC(C(C)O)=CC=C1. The van der Waals surface area contributed by atoms with E-state index in [1.165, 1.54) is 16.7 Å². The van der Waals surface area contributed by atoms with Crippen LogP contribution in [0, 0.1) is 0 Å². The van der Waals surface area contributed by atoms with Gasteiger partial charge in [0.05, 0.1) is 11.8 Å². The van der Waals surface area contributed by atoms with E-state index in [0.717, 1.165) is 36.2 Å². The first-order valence-electron chi connectivity index (χ1n) is 10.2. The quantitative estimate of drug-likeness (QED) is 0.560. The largest absolute Gasteiger partial charge is 0.389 e. The molecule has 0 spiro atoms. The minimum Gasteiger partial charge on any atom is -0.389 e. The minimum atomic E-state index is -0.377. The van der Waals surface area contributed by atoms with Crippen molar-refractivity contribution in [1.29, 1.82) is 0 Å². The van der Waals surface area contributed by atoms with Gasteiger partial charge in [-0.2, -0.15) is 0 Å². The van der Waals surface area contributed by atoms with E-state index in [1.54, 1.807) is 0 Å². The summed E-state index contributed by atoms with van der Waals surface area (Å²) >= 11 is 0. The Morgan fingerprint density at radius 2 is 1.67 bits per heavy atom. The van der Waals surface area contributed by atoms with Crippen LogP contribution in [-0.4, -0.2) is 16.9 Å². The predicted octanol–water partition coefficient (Wildman–Crippen LogP) is 7.00. The number of hydrogen-bond acceptors (Lipinski definition) is 2. The highest BCUT2D eigenvalue weighted by atomic mass is 16.3. The van der Waals surface area contributed by atoms with E-state index in [2.05, 4.69) is 77.1 Å². The smallest absolute Gasteiger partial charge is 0.0725 e. The van der Waals surface area contributed by atoms with Gasteiger partial charge in [0.1, 0.15) is 0 Å². The van der Waals surface area contributed by atoms with Crippen LogP contribution < -0.4 is 0 Å². The summed E-state index contributed by atoms with van der Waals surface area (Å²) in [7, 11) is 0. The lowest BCUT2D eigenvalue weighted by atomic mass is 9.92. The lowest BCUT2D eigenvalue weighted by Crippen LogP contribution is -2.03. The topological polar surface area (TPSA) is 32.6 Å². The van der Waals surface area contributed by atoms with Gasteiger partial charge in [-0.3, -0.25) is 4.99 Å². The number of aliphatic hydroxyl groups is 1. The Hall–Kier alpha value is -1.93. The summed E-state index contributed by atoms with van der Waals surface area (Å²) in [5.41, 5.74) is 7.08. The highest BCUT2D eigenvalue weighted by Gasteiger charge is 2.14. The second-order valence-electron chi connectivity index (χ2n) is 8.12. The fourth-order valence-corrected chi connectivity index (χ4v) is 3.48. The van der Waals surface area contributed by atoms with E-state index in [9.17, 15) is 5.11 Å². The lowest BCUT2D eigenvalue weighted by molar-refractivity contribution is 0.226. The number of para-hydroxylation sites is 1. The normalized spacial score (nSPS) is 17.3. The van der Waals surface area contributed by atoms with Crippen LogP contribution in [0.2, 0.25) is 0 Å². The summed E-state index contributed by atoms with van der Waals surface area (Å²) in [6.45, 7) is 12.9. The Kier molecular flexibility index (Phi) is 7.79. The molecule has 2 heteroatoms. The lowest BCUT2D eigenvalue weighted by Gasteiger charge is -2.17. The van der Waals surface area contributed by atoms with Gasteiger partial charge in [-0.15, -0.1) is 0 Å². The van der Waals surface area contributed by atoms with Gasteiger partial charge in [0.25, 0.3) is 0 Å². The third kappa shape index (κ3) is 5.77. The molecule has 1 unspecified atom stereocenters. The second kappa shape index (κ2) is 9.85. The first-order chi connectivity index (χ1) is 12.8. The molecule has 1 atom stereocenters. The van der Waals surface area contributed by atoms with Gasteiger partial charge in [-0.1, -0.05) is 70.2 Å². The fraction of sp³-hybridized carbons (Fsp3) is 0.480. The van der Waals surface area contributed by atoms with Gasteiger partial charge in [0.15, 0.2) is 0 Å². The van der Waals surface area contributed by atoms with Crippen LogP contribution in [0.4, 0.5) is 5.69 Å². The molecule has 1 aromatic rings. The van der Waals surface area contributed by atoms with Crippen LogP contribution in [0.25, 0.3) is 0 Å². The maximum Gasteiger partial charge on any atom is 0.0725 e. The number of aliphatic imine (C=N–C) groups is 1. The summed E-state index contributed by atoms with van der Waals surface area (Å²) in [6, 6.07) is 6.56. The maximum atomic E-state index is 9.88. The van der Waals surface area contributed by atoms with Gasteiger partial charge in [-0.25, -0.2) is 0 Å². The molecule has 0 aromatic heterocycles. The van der Waals surface area contributed by atoms with Crippen molar-refractivity contribution in [2.45, 2.75) is 78.7 Å². The Morgan fingerprint density at radius 3 is 2.22 bits per heavy atom. The Labute approximate surface area is 165 Å². The van der Waals surface area contributed by atoms with E-state index >= 15 is 0 Å². The first kappa shape index (κ1) is 21.4. The maximum absolute atomic E-state index is 9.88. The van der Waals surface area contributed by atoms with Gasteiger partial charge in [0, 0.05) is 5.71 Å². The molecule has 146 valence electrons. The summed E-state index contributed by atoms with van der Waals surface area (Å²) < 4.78 is 0. The molecule has 1 aromatic carbocycles. The molecule has 0 radical (unpaired) electrons. The molecule has 27 heavy (non-hydrogen) atoms. The van der Waals surface area contributed by atoms with E-state index in [0.29, 0.717) is 11.8 Å². The molecular formula is C25H35NO. The zero-order valence-electron chi connectivity index (χ0n) is 17.8. The first-order valence-corrected chi connectivity index (χ1v) is 10.2. The Balaban J connectivity index is 2.45. The molecule has 0 amide bonds. The second-order valence-corrected chi connectivity index (χ2v) is 8.12. The molecule has 2 nitrogen and oxygen atoms in total. The number of rotatable bonds is 5. The summed E-state index contributed by atoms with van der Waals surface area (Å²) in [5.74, 6) is 0.883. The molecule has 0 fully saturated rings. The molecular weight excluding hydrogens is 330 g/mol. The average molecular weight is 366 g/mol. The van der Waals surface area contributed by atoms with Crippen molar-refractivity contribution >= 4 is 11.4 Å². The number of hydrogen-bond donors (Lipinski definition) is 1. The standard InChI is InChI=1S/C25H35NO/c1-17(2)23-15-10-16-24(18(3)4)25(23)26-19(5)21-11-7-8-12-22(20(6)27)14-9-13-21/h9-11,13-18,20,27H,7-8,12H2,1-6H3. The van der Waals surface area contributed by atoms with E-state index < -0.39 is 0 Å². The van der Waals surface area contributed by atoms with E-state index in [1.807, 2.05) is 6.92 Å². The highest BCUT2D eigenvalue weighted by molar-refractivity contribution is 6.02. The van der Waals surface area contributed by atoms with Crippen molar-refractivity contribution in [3.05, 3.63) is 64.8 Å². The van der Waals surface area contributed by atoms with Crippen molar-refractivity contribution in [2.75, 3.05) is 0 Å². The minimum absolute atomic E-state index is 0.377. The van der Waals surface area contributed by atoms with Crippen molar-refractivity contribution in [1.82, 2.24) is 0 Å². The van der Waals surface area contributed by atoms with Gasteiger partial charge in [-0.05, 0) is 67.2 Å². The monoisotopic (exact) mass is 365 g/mol. The van der Waals surface area contributed by atoms with Gasteiger partial charge >= 0.3 is 0 Å². The van der Waals surface area contributed by atoms with Crippen LogP contribution in [0.5, 0.6) is 0 Å². The Morgan fingerprint density at radius 1 is 1.04 bits per heavy atom. The molecule has 0 saturated carbocycles. The number of allylic oxidation sites excluding steroid dienone is 5. The third-order valence-electron chi connectivity index (χ3n) is 5.20.